The zero-order valence-corrected chi connectivity index (χ0v) is 20.9. The maximum atomic E-state index is 12.6. The smallest absolute Gasteiger partial charge is 0.223 e. The molecule has 3 rings (SSSR count). The predicted octanol–water partition coefficient (Wildman–Crippen LogP) is 5.63. The number of aliphatic hydroxyl groups excluding tert-OH is 2. The molecule has 0 aliphatic heterocycles. The maximum absolute atomic E-state index is 12.6. The molecule has 2 fully saturated rings. The average molecular weight is 446 g/mol. The Hall–Kier alpha value is -1.13. The van der Waals surface area contributed by atoms with E-state index in [1.54, 1.807) is 0 Å². The van der Waals surface area contributed by atoms with Crippen molar-refractivity contribution in [3.05, 3.63) is 23.8 Å². The van der Waals surface area contributed by atoms with Crippen molar-refractivity contribution in [2.45, 2.75) is 123 Å². The first-order valence-corrected chi connectivity index (χ1v) is 13.3. The minimum absolute atomic E-state index is 0.166. The summed E-state index contributed by atoms with van der Waals surface area (Å²) >= 11 is 0. The van der Waals surface area contributed by atoms with Crippen molar-refractivity contribution >= 4 is 5.91 Å². The van der Waals surface area contributed by atoms with Crippen molar-refractivity contribution in [2.75, 3.05) is 0 Å². The Kier molecular flexibility index (Phi) is 9.43. The largest absolute Gasteiger partial charge is 0.392 e. The van der Waals surface area contributed by atoms with Crippen molar-refractivity contribution < 1.29 is 15.0 Å². The van der Waals surface area contributed by atoms with Gasteiger partial charge in [0.2, 0.25) is 5.91 Å². The summed E-state index contributed by atoms with van der Waals surface area (Å²) in [5.74, 6) is 2.07. The summed E-state index contributed by atoms with van der Waals surface area (Å²) in [4.78, 5) is 14.6. The van der Waals surface area contributed by atoms with E-state index < -0.39 is 0 Å². The molecule has 0 aromatic heterocycles. The Morgan fingerprint density at radius 2 is 1.84 bits per heavy atom. The van der Waals surface area contributed by atoms with Crippen LogP contribution in [0.4, 0.5) is 0 Å². The lowest BCUT2D eigenvalue weighted by molar-refractivity contribution is -0.134. The highest BCUT2D eigenvalue weighted by atomic mass is 16.3. The third kappa shape index (κ3) is 6.70. The van der Waals surface area contributed by atoms with Gasteiger partial charge in [-0.3, -0.25) is 4.79 Å². The summed E-state index contributed by atoms with van der Waals surface area (Å²) in [5.41, 5.74) is 1.51. The van der Waals surface area contributed by atoms with Gasteiger partial charge in [-0.25, -0.2) is 0 Å². The Labute approximate surface area is 196 Å². The highest BCUT2D eigenvalue weighted by Gasteiger charge is 2.43. The summed E-state index contributed by atoms with van der Waals surface area (Å²) in [5, 5.41) is 21.0. The van der Waals surface area contributed by atoms with Gasteiger partial charge in [0.25, 0.3) is 0 Å². The number of unbranched alkanes of at least 4 members (excludes halogenated alkanes) is 1. The van der Waals surface area contributed by atoms with Gasteiger partial charge in [0.15, 0.2) is 0 Å². The van der Waals surface area contributed by atoms with Crippen LogP contribution in [0.1, 0.15) is 98.3 Å². The summed E-state index contributed by atoms with van der Waals surface area (Å²) < 4.78 is 0. The van der Waals surface area contributed by atoms with Gasteiger partial charge in [-0.1, -0.05) is 49.5 Å². The van der Waals surface area contributed by atoms with Crippen LogP contribution in [0.3, 0.4) is 0 Å². The topological polar surface area (TPSA) is 60.8 Å². The van der Waals surface area contributed by atoms with E-state index in [0.717, 1.165) is 38.5 Å². The van der Waals surface area contributed by atoms with Crippen molar-refractivity contribution in [1.29, 1.82) is 0 Å². The van der Waals surface area contributed by atoms with E-state index in [0.29, 0.717) is 24.2 Å². The SMILES string of the molecule is CC(C)N(C(=O)CCCCC1=CC2C[C@@H](O)[C@H](/C=C/[C@@H](O)CC3CCCC3)[C@H]2C1)C(C)C. The number of nitrogens with zero attached hydrogens (tertiary/aromatic N) is 1. The molecule has 1 amide bonds. The molecule has 4 nitrogen and oxygen atoms in total. The second kappa shape index (κ2) is 11.8. The Morgan fingerprint density at radius 3 is 2.50 bits per heavy atom. The number of allylic oxidation sites excluding steroid dienone is 2. The number of carbonyl (C=O) groups excluding carboxylic acids is 1. The van der Waals surface area contributed by atoms with Crippen LogP contribution in [0, 0.1) is 23.7 Å². The minimum Gasteiger partial charge on any atom is -0.392 e. The molecule has 0 spiro atoms. The van der Waals surface area contributed by atoms with Gasteiger partial charge >= 0.3 is 0 Å². The molecule has 182 valence electrons. The van der Waals surface area contributed by atoms with Gasteiger partial charge in [-0.15, -0.1) is 0 Å². The monoisotopic (exact) mass is 445 g/mol. The van der Waals surface area contributed by atoms with E-state index in [1.807, 2.05) is 11.0 Å². The molecule has 0 bridgehead atoms. The minimum atomic E-state index is -0.369. The van der Waals surface area contributed by atoms with Crippen molar-refractivity contribution in [2.24, 2.45) is 23.7 Å². The second-order valence-electron chi connectivity index (χ2n) is 11.3. The summed E-state index contributed by atoms with van der Waals surface area (Å²) in [6, 6.07) is 0.514. The fourth-order valence-corrected chi connectivity index (χ4v) is 6.64. The first-order chi connectivity index (χ1) is 15.3. The molecule has 2 saturated carbocycles. The third-order valence-corrected chi connectivity index (χ3v) is 8.09. The summed E-state index contributed by atoms with van der Waals surface area (Å²) in [6.07, 6.45) is 17.5. The van der Waals surface area contributed by atoms with Gasteiger partial charge in [0.05, 0.1) is 12.2 Å². The quantitative estimate of drug-likeness (QED) is 0.320. The normalized spacial score (nSPS) is 29.3. The van der Waals surface area contributed by atoms with Crippen LogP contribution in [0.5, 0.6) is 0 Å². The van der Waals surface area contributed by atoms with Crippen LogP contribution >= 0.6 is 0 Å². The zero-order chi connectivity index (χ0) is 23.3. The number of fused-ring (bicyclic) bond motifs is 1. The second-order valence-corrected chi connectivity index (χ2v) is 11.3. The molecule has 32 heavy (non-hydrogen) atoms. The number of carbonyl (C=O) groups is 1. The lowest BCUT2D eigenvalue weighted by Gasteiger charge is -2.30. The number of amides is 1. The van der Waals surface area contributed by atoms with Gasteiger partial charge in [-0.2, -0.15) is 0 Å². The molecule has 0 aromatic rings. The van der Waals surface area contributed by atoms with Gasteiger partial charge in [0, 0.05) is 24.4 Å². The van der Waals surface area contributed by atoms with Crippen LogP contribution in [0.15, 0.2) is 23.8 Å². The zero-order valence-electron chi connectivity index (χ0n) is 20.9. The van der Waals surface area contributed by atoms with Crippen molar-refractivity contribution in [3.8, 4) is 0 Å². The van der Waals surface area contributed by atoms with E-state index >= 15 is 0 Å². The highest BCUT2D eigenvalue weighted by molar-refractivity contribution is 5.76. The lowest BCUT2D eigenvalue weighted by atomic mass is 9.88. The Balaban J connectivity index is 1.41. The average Bonchev–Trinajstić information content (AvgIpc) is 3.40. The number of rotatable bonds is 11. The van der Waals surface area contributed by atoms with E-state index in [1.165, 1.54) is 31.3 Å². The molecule has 0 aromatic carbocycles. The fraction of sp³-hybridized carbons (Fsp3) is 0.821. The molecule has 0 radical (unpaired) electrons. The molecule has 2 N–H and O–H groups in total. The first kappa shape index (κ1) is 25.5. The van der Waals surface area contributed by atoms with Crippen LogP contribution in [0.25, 0.3) is 0 Å². The number of hydrogen-bond donors (Lipinski definition) is 2. The van der Waals surface area contributed by atoms with Crippen molar-refractivity contribution in [1.82, 2.24) is 4.90 Å². The molecular weight excluding hydrogens is 398 g/mol. The van der Waals surface area contributed by atoms with E-state index in [4.69, 9.17) is 0 Å². The fourth-order valence-electron chi connectivity index (χ4n) is 6.64. The van der Waals surface area contributed by atoms with Crippen molar-refractivity contribution in [3.63, 3.8) is 0 Å². The van der Waals surface area contributed by atoms with E-state index in [-0.39, 0.29) is 36.1 Å². The van der Waals surface area contributed by atoms with E-state index in [9.17, 15) is 15.0 Å². The summed E-state index contributed by atoms with van der Waals surface area (Å²) in [7, 11) is 0. The molecule has 0 heterocycles. The van der Waals surface area contributed by atoms with Crippen LogP contribution in [-0.4, -0.2) is 45.3 Å². The molecule has 3 aliphatic rings. The predicted molar refractivity (Wildman–Crippen MR) is 131 cm³/mol. The first-order valence-electron chi connectivity index (χ1n) is 13.3. The highest BCUT2D eigenvalue weighted by Crippen LogP contribution is 2.48. The lowest BCUT2D eigenvalue weighted by Crippen LogP contribution is -2.41. The molecule has 4 heteroatoms. The standard InChI is InChI=1S/C28H47NO3/c1-19(2)29(20(3)4)28(32)12-8-7-11-22-15-23-18-27(31)25(26(23)17-22)14-13-24(30)16-21-9-5-6-10-21/h13-15,19-21,23-27,30-31H,5-12,16-18H2,1-4H3/b14-13+/t23?,24-,25-,26+,27-/m1/s1. The van der Waals surface area contributed by atoms with Gasteiger partial charge in [0.1, 0.15) is 0 Å². The third-order valence-electron chi connectivity index (χ3n) is 8.09. The van der Waals surface area contributed by atoms with Crippen LogP contribution in [0.2, 0.25) is 0 Å². The summed E-state index contributed by atoms with van der Waals surface area (Å²) in [6.45, 7) is 8.36. The number of aliphatic hydroxyl groups is 2. The molecule has 0 saturated heterocycles. The number of hydrogen-bond acceptors (Lipinski definition) is 3. The van der Waals surface area contributed by atoms with Crippen LogP contribution in [-0.2, 0) is 4.79 Å². The maximum Gasteiger partial charge on any atom is 0.223 e. The molecule has 1 unspecified atom stereocenters. The Morgan fingerprint density at radius 1 is 1.16 bits per heavy atom. The molecular formula is C28H47NO3. The molecule has 5 atom stereocenters. The van der Waals surface area contributed by atoms with Crippen LogP contribution < -0.4 is 0 Å². The van der Waals surface area contributed by atoms with Gasteiger partial charge in [-0.05, 0) is 84.0 Å². The Bertz CT molecular complexity index is 654. The van der Waals surface area contributed by atoms with E-state index in [2.05, 4.69) is 39.8 Å². The molecule has 3 aliphatic carbocycles. The van der Waals surface area contributed by atoms with Gasteiger partial charge < -0.3 is 15.1 Å².